The van der Waals surface area contributed by atoms with Crippen LogP contribution in [0.4, 0.5) is 0 Å². The molecule has 5 heteroatoms. The number of nitrogens with zero attached hydrogens (tertiary/aromatic N) is 1. The molecular formula is C22H33NOS3. The number of hydrogen-bond acceptors (Lipinski definition) is 5. The Kier molecular flexibility index (Phi) is 10.4. The third-order valence-corrected chi connectivity index (χ3v) is 6.94. The molecule has 1 aliphatic heterocycles. The largest absolute Gasteiger partial charge is 0.381 e. The van der Waals surface area contributed by atoms with Crippen LogP contribution in [0.25, 0.3) is 0 Å². The average molecular weight is 424 g/mol. The van der Waals surface area contributed by atoms with Gasteiger partial charge in [-0.25, -0.2) is 0 Å². The molecule has 1 fully saturated rings. The Morgan fingerprint density at radius 1 is 1.41 bits per heavy atom. The Labute approximate surface area is 180 Å². The Bertz CT molecular complexity index is 596. The third-order valence-electron chi connectivity index (χ3n) is 5.20. The van der Waals surface area contributed by atoms with Crippen molar-refractivity contribution >= 4 is 47.0 Å². The minimum Gasteiger partial charge on any atom is -0.381 e. The molecule has 5 unspecified atom stereocenters. The zero-order valence-corrected chi connectivity index (χ0v) is 19.2. The lowest BCUT2D eigenvalue weighted by Gasteiger charge is -2.20. The zero-order valence-electron chi connectivity index (χ0n) is 16.7. The number of allylic oxidation sites excluding steroid dienone is 5. The summed E-state index contributed by atoms with van der Waals surface area (Å²) in [4.78, 5) is 5.94. The molecule has 0 spiro atoms. The molecule has 0 aromatic carbocycles. The van der Waals surface area contributed by atoms with Crippen molar-refractivity contribution in [2.24, 2.45) is 22.7 Å². The Morgan fingerprint density at radius 2 is 2.15 bits per heavy atom. The maximum Gasteiger partial charge on any atom is 0.0783 e. The summed E-state index contributed by atoms with van der Waals surface area (Å²) >= 11 is 11.5. The van der Waals surface area contributed by atoms with Gasteiger partial charge in [0.2, 0.25) is 0 Å². The van der Waals surface area contributed by atoms with E-state index in [4.69, 9.17) is 21.9 Å². The van der Waals surface area contributed by atoms with Gasteiger partial charge in [0, 0.05) is 25.2 Å². The van der Waals surface area contributed by atoms with E-state index < -0.39 is 0 Å². The van der Waals surface area contributed by atoms with E-state index in [-0.39, 0.29) is 6.10 Å². The van der Waals surface area contributed by atoms with Gasteiger partial charge < -0.3 is 4.74 Å². The standard InChI is InChI=1S/C22H33NOS3/c1-16-14-20(16)22-23-18(15-27-22)9-7-5-4-6-8-10-19(26)13-17(2)21(24-3)11-12-25/h6-10,12,16-18,20-21,26H,4-5,11,13-15H2,1-3H3/b8-6+,9-7-,19-10-. The predicted molar refractivity (Wildman–Crippen MR) is 128 cm³/mol. The smallest absolute Gasteiger partial charge is 0.0783 e. The normalized spacial score (nSPS) is 27.9. The van der Waals surface area contributed by atoms with E-state index in [0.29, 0.717) is 12.0 Å². The fourth-order valence-corrected chi connectivity index (χ4v) is 5.13. The van der Waals surface area contributed by atoms with Gasteiger partial charge in [0.1, 0.15) is 0 Å². The highest BCUT2D eigenvalue weighted by Crippen LogP contribution is 2.44. The number of methoxy groups -OCH3 is 1. The van der Waals surface area contributed by atoms with E-state index in [0.717, 1.165) is 48.2 Å². The van der Waals surface area contributed by atoms with E-state index in [2.05, 4.69) is 56.9 Å². The molecule has 150 valence electrons. The number of thioether (sulfide) groups is 1. The van der Waals surface area contributed by atoms with Crippen molar-refractivity contribution in [3.63, 3.8) is 0 Å². The molecule has 0 amide bonds. The number of rotatable bonds is 12. The summed E-state index contributed by atoms with van der Waals surface area (Å²) in [6, 6.07) is 0.397. The first-order valence-electron chi connectivity index (χ1n) is 9.93. The molecule has 1 aliphatic carbocycles. The van der Waals surface area contributed by atoms with Crippen molar-refractivity contribution < 1.29 is 4.74 Å². The lowest BCUT2D eigenvalue weighted by atomic mass is 9.98. The van der Waals surface area contributed by atoms with Crippen LogP contribution in [0.5, 0.6) is 0 Å². The summed E-state index contributed by atoms with van der Waals surface area (Å²) in [6.45, 7) is 4.51. The van der Waals surface area contributed by atoms with Crippen LogP contribution < -0.4 is 0 Å². The fourth-order valence-electron chi connectivity index (χ4n) is 3.28. The summed E-state index contributed by atoms with van der Waals surface area (Å²) in [6.07, 6.45) is 16.3. The molecule has 5 atom stereocenters. The van der Waals surface area contributed by atoms with Gasteiger partial charge in [-0.3, -0.25) is 4.99 Å². The molecule has 1 heterocycles. The molecule has 0 aromatic rings. The van der Waals surface area contributed by atoms with E-state index >= 15 is 0 Å². The van der Waals surface area contributed by atoms with E-state index in [9.17, 15) is 0 Å². The highest BCUT2D eigenvalue weighted by atomic mass is 32.2. The molecule has 1 saturated carbocycles. The zero-order chi connectivity index (χ0) is 19.6. The van der Waals surface area contributed by atoms with Crippen LogP contribution in [0.3, 0.4) is 0 Å². The van der Waals surface area contributed by atoms with Gasteiger partial charge in [0.15, 0.2) is 0 Å². The van der Waals surface area contributed by atoms with Crippen LogP contribution in [0.2, 0.25) is 0 Å². The summed E-state index contributed by atoms with van der Waals surface area (Å²) < 4.78 is 5.50. The molecule has 0 saturated heterocycles. The second-order valence-electron chi connectivity index (χ2n) is 7.61. The summed E-state index contributed by atoms with van der Waals surface area (Å²) in [5, 5.41) is 3.15. The van der Waals surface area contributed by atoms with Gasteiger partial charge >= 0.3 is 0 Å². The number of thiocarbonyl (C=S) groups is 1. The second kappa shape index (κ2) is 12.3. The number of thiol groups is 1. The lowest BCUT2D eigenvalue weighted by Crippen LogP contribution is -2.20. The molecular weight excluding hydrogens is 390 g/mol. The van der Waals surface area contributed by atoms with E-state index in [1.165, 1.54) is 11.5 Å². The van der Waals surface area contributed by atoms with Crippen LogP contribution in [0, 0.1) is 17.8 Å². The molecule has 0 radical (unpaired) electrons. The lowest BCUT2D eigenvalue weighted by molar-refractivity contribution is 0.0663. The molecule has 2 nitrogen and oxygen atoms in total. The Balaban J connectivity index is 1.63. The third kappa shape index (κ3) is 8.26. The number of aliphatic imine (C=N–C) groups is 1. The first-order valence-corrected chi connectivity index (χ1v) is 11.8. The van der Waals surface area contributed by atoms with Crippen LogP contribution in [-0.4, -0.2) is 35.4 Å². The highest BCUT2D eigenvalue weighted by molar-refractivity contribution is 8.14. The number of ether oxygens (including phenoxy) is 1. The van der Waals surface area contributed by atoms with E-state index in [1.807, 2.05) is 11.8 Å². The molecule has 0 aromatic heterocycles. The van der Waals surface area contributed by atoms with Gasteiger partial charge in [0.05, 0.1) is 17.2 Å². The van der Waals surface area contributed by atoms with Crippen LogP contribution in [-0.2, 0) is 4.74 Å². The molecule has 0 bridgehead atoms. The van der Waals surface area contributed by atoms with Crippen LogP contribution >= 0.6 is 36.6 Å². The number of hydrogen-bond donors (Lipinski definition) is 1. The summed E-state index contributed by atoms with van der Waals surface area (Å²) in [5.41, 5.74) is 0. The van der Waals surface area contributed by atoms with E-state index in [1.54, 1.807) is 12.5 Å². The maximum absolute atomic E-state index is 5.50. The topological polar surface area (TPSA) is 21.6 Å². The van der Waals surface area contributed by atoms with Crippen LogP contribution in [0.15, 0.2) is 40.3 Å². The Hall–Kier alpha value is -0.360. The molecule has 2 rings (SSSR count). The van der Waals surface area contributed by atoms with Crippen molar-refractivity contribution in [3.8, 4) is 0 Å². The minimum absolute atomic E-state index is 0.173. The quantitative estimate of drug-likeness (QED) is 0.131. The van der Waals surface area contributed by atoms with Gasteiger partial charge in [-0.15, -0.1) is 24.4 Å². The summed E-state index contributed by atoms with van der Waals surface area (Å²) in [5.74, 6) is 3.16. The Morgan fingerprint density at radius 3 is 2.81 bits per heavy atom. The molecule has 2 aliphatic rings. The van der Waals surface area contributed by atoms with Crippen molar-refractivity contribution in [2.75, 3.05) is 12.9 Å². The van der Waals surface area contributed by atoms with Gasteiger partial charge in [-0.2, -0.15) is 0 Å². The number of unbranched alkanes of at least 4 members (excludes halogenated alkanes) is 1. The first-order chi connectivity index (χ1) is 13.0. The van der Waals surface area contributed by atoms with Crippen LogP contribution in [0.1, 0.15) is 46.0 Å². The highest BCUT2D eigenvalue weighted by Gasteiger charge is 2.39. The molecule has 27 heavy (non-hydrogen) atoms. The molecule has 0 N–H and O–H groups in total. The van der Waals surface area contributed by atoms with Crippen molar-refractivity contribution in [3.05, 3.63) is 35.3 Å². The van der Waals surface area contributed by atoms with Crippen molar-refractivity contribution in [1.82, 2.24) is 0 Å². The minimum atomic E-state index is 0.173. The predicted octanol–water partition coefficient (Wildman–Crippen LogP) is 6.29. The average Bonchev–Trinajstić information content (AvgIpc) is 3.18. The summed E-state index contributed by atoms with van der Waals surface area (Å²) in [7, 11) is 1.75. The first kappa shape index (κ1) is 22.9. The van der Waals surface area contributed by atoms with Crippen molar-refractivity contribution in [1.29, 1.82) is 0 Å². The SMILES string of the molecule is COC(CC=S)C(C)C/C(S)=C/C=C/CC/C=C\C1CSC(C2CC2C)=N1. The monoisotopic (exact) mass is 423 g/mol. The van der Waals surface area contributed by atoms with Gasteiger partial charge in [-0.05, 0) is 47.8 Å². The fraction of sp³-hybridized carbons (Fsp3) is 0.636. The second-order valence-corrected chi connectivity index (χ2v) is 9.56. The van der Waals surface area contributed by atoms with Gasteiger partial charge in [-0.1, -0.05) is 56.4 Å². The van der Waals surface area contributed by atoms with Gasteiger partial charge in [0.25, 0.3) is 0 Å². The van der Waals surface area contributed by atoms with Crippen molar-refractivity contribution in [2.45, 2.75) is 58.1 Å². The maximum atomic E-state index is 5.50.